The number of aryl methyl sites for hydroxylation is 1. The first-order valence-electron chi connectivity index (χ1n) is 12.4. The summed E-state index contributed by atoms with van der Waals surface area (Å²) in [6, 6.07) is 19.6. The Balaban J connectivity index is 1.44. The Labute approximate surface area is 227 Å². The number of ether oxygens (including phenoxy) is 1. The van der Waals surface area contributed by atoms with Crippen molar-refractivity contribution in [1.29, 1.82) is 5.26 Å². The molecule has 2 N–H and O–H groups in total. The van der Waals surface area contributed by atoms with Gasteiger partial charge in [-0.1, -0.05) is 20.8 Å². The van der Waals surface area contributed by atoms with Crippen LogP contribution in [0.3, 0.4) is 0 Å². The molecule has 0 saturated carbocycles. The van der Waals surface area contributed by atoms with Crippen LogP contribution in [0.2, 0.25) is 0 Å². The van der Waals surface area contributed by atoms with E-state index >= 15 is 0 Å². The SMILES string of the molecule is Cc1ncc(NC(=O)c2cc(C#N)cc(C(C)(C)C)c2)cc1C(=O)Nc1ccc(OCc2ccncc2)cc1. The molecule has 0 radical (unpaired) electrons. The zero-order valence-corrected chi connectivity index (χ0v) is 22.3. The van der Waals surface area contributed by atoms with Crippen LogP contribution < -0.4 is 15.4 Å². The summed E-state index contributed by atoms with van der Waals surface area (Å²) in [5.41, 5.74) is 4.22. The number of amides is 2. The van der Waals surface area contributed by atoms with Crippen molar-refractivity contribution in [2.75, 3.05) is 10.6 Å². The zero-order valence-electron chi connectivity index (χ0n) is 22.3. The van der Waals surface area contributed by atoms with Crippen molar-refractivity contribution in [3.05, 3.63) is 113 Å². The Hall–Kier alpha value is -5.03. The van der Waals surface area contributed by atoms with Crippen LogP contribution in [0.25, 0.3) is 0 Å². The molecule has 0 fully saturated rings. The van der Waals surface area contributed by atoms with E-state index in [4.69, 9.17) is 4.74 Å². The van der Waals surface area contributed by atoms with Gasteiger partial charge in [0.1, 0.15) is 12.4 Å². The topological polar surface area (TPSA) is 117 Å². The molecule has 0 unspecified atom stereocenters. The summed E-state index contributed by atoms with van der Waals surface area (Å²) in [6.07, 6.45) is 4.92. The van der Waals surface area contributed by atoms with Crippen molar-refractivity contribution in [3.8, 4) is 11.8 Å². The zero-order chi connectivity index (χ0) is 28.0. The molecular weight excluding hydrogens is 490 g/mol. The molecule has 0 bridgehead atoms. The second kappa shape index (κ2) is 11.6. The Bertz CT molecular complexity index is 1540. The summed E-state index contributed by atoms with van der Waals surface area (Å²) in [5.74, 6) is -0.0810. The minimum atomic E-state index is -0.392. The standard InChI is InChI=1S/C31H29N5O3/c1-20-28(30(38)35-25-5-7-27(8-6-25)39-19-21-9-11-33-12-10-21)16-26(18-34-20)36-29(37)23-13-22(17-32)14-24(15-23)31(2,3)4/h5-16,18H,19H2,1-4H3,(H,35,38)(H,36,37). The number of nitrogens with zero attached hydrogens (tertiary/aromatic N) is 3. The summed E-state index contributed by atoms with van der Waals surface area (Å²) in [4.78, 5) is 34.4. The second-order valence-corrected chi connectivity index (χ2v) is 10.1. The summed E-state index contributed by atoms with van der Waals surface area (Å²) in [5, 5.41) is 15.1. The molecule has 0 saturated heterocycles. The summed E-state index contributed by atoms with van der Waals surface area (Å²) in [7, 11) is 0. The second-order valence-electron chi connectivity index (χ2n) is 10.1. The number of pyridine rings is 2. The van der Waals surface area contributed by atoms with Crippen LogP contribution in [-0.2, 0) is 12.0 Å². The fraction of sp³-hybridized carbons (Fsp3) is 0.194. The van der Waals surface area contributed by atoms with E-state index in [2.05, 4.69) is 26.7 Å². The predicted molar refractivity (Wildman–Crippen MR) is 150 cm³/mol. The average Bonchev–Trinajstić information content (AvgIpc) is 2.93. The number of hydrogen-bond acceptors (Lipinski definition) is 6. The van der Waals surface area contributed by atoms with Crippen molar-refractivity contribution in [2.45, 2.75) is 39.7 Å². The van der Waals surface area contributed by atoms with Gasteiger partial charge in [0.2, 0.25) is 0 Å². The number of carbonyl (C=O) groups is 2. The number of nitriles is 1. The van der Waals surface area contributed by atoms with Gasteiger partial charge in [0, 0.05) is 23.6 Å². The smallest absolute Gasteiger partial charge is 0.257 e. The number of rotatable bonds is 7. The van der Waals surface area contributed by atoms with Gasteiger partial charge in [-0.15, -0.1) is 0 Å². The van der Waals surface area contributed by atoms with E-state index in [1.165, 1.54) is 6.20 Å². The van der Waals surface area contributed by atoms with Crippen molar-refractivity contribution in [3.63, 3.8) is 0 Å². The van der Waals surface area contributed by atoms with Crippen LogP contribution in [0.15, 0.2) is 79.3 Å². The minimum absolute atomic E-state index is 0.234. The van der Waals surface area contributed by atoms with E-state index in [1.807, 2.05) is 32.9 Å². The first-order chi connectivity index (χ1) is 18.6. The Morgan fingerprint density at radius 3 is 2.28 bits per heavy atom. The third-order valence-electron chi connectivity index (χ3n) is 6.05. The first-order valence-corrected chi connectivity index (χ1v) is 12.4. The molecule has 0 aliphatic heterocycles. The normalized spacial score (nSPS) is 10.8. The molecule has 196 valence electrons. The van der Waals surface area contributed by atoms with Gasteiger partial charge in [-0.3, -0.25) is 19.6 Å². The number of nitrogens with one attached hydrogen (secondary N) is 2. The molecule has 8 heteroatoms. The van der Waals surface area contributed by atoms with E-state index in [-0.39, 0.29) is 11.3 Å². The lowest BCUT2D eigenvalue weighted by Crippen LogP contribution is -2.18. The highest BCUT2D eigenvalue weighted by Crippen LogP contribution is 2.25. The summed E-state index contributed by atoms with van der Waals surface area (Å²) in [6.45, 7) is 8.19. The van der Waals surface area contributed by atoms with Crippen molar-refractivity contribution in [1.82, 2.24) is 9.97 Å². The van der Waals surface area contributed by atoms with Crippen LogP contribution in [0.4, 0.5) is 11.4 Å². The predicted octanol–water partition coefficient (Wildman–Crippen LogP) is 6.04. The van der Waals surface area contributed by atoms with Crippen LogP contribution in [0.5, 0.6) is 5.75 Å². The van der Waals surface area contributed by atoms with Crippen LogP contribution >= 0.6 is 0 Å². The molecular formula is C31H29N5O3. The number of anilines is 2. The van der Waals surface area contributed by atoms with E-state index in [9.17, 15) is 14.9 Å². The van der Waals surface area contributed by atoms with Crippen LogP contribution in [-0.4, -0.2) is 21.8 Å². The monoisotopic (exact) mass is 519 g/mol. The Kier molecular flexibility index (Phi) is 8.01. The van der Waals surface area contributed by atoms with Gasteiger partial charge in [0.25, 0.3) is 11.8 Å². The summed E-state index contributed by atoms with van der Waals surface area (Å²) >= 11 is 0. The Morgan fingerprint density at radius 2 is 1.62 bits per heavy atom. The number of aromatic nitrogens is 2. The molecule has 4 rings (SSSR count). The molecule has 8 nitrogen and oxygen atoms in total. The fourth-order valence-corrected chi connectivity index (χ4v) is 3.77. The quantitative estimate of drug-likeness (QED) is 0.308. The highest BCUT2D eigenvalue weighted by atomic mass is 16.5. The van der Waals surface area contributed by atoms with E-state index in [0.29, 0.717) is 46.1 Å². The highest BCUT2D eigenvalue weighted by Gasteiger charge is 2.19. The lowest BCUT2D eigenvalue weighted by atomic mass is 9.85. The van der Waals surface area contributed by atoms with Crippen molar-refractivity contribution >= 4 is 23.2 Å². The molecule has 4 aromatic rings. The number of benzene rings is 2. The molecule has 0 spiro atoms. The molecule has 0 aliphatic carbocycles. The van der Waals surface area contributed by atoms with Crippen LogP contribution in [0.1, 0.15) is 63.9 Å². The minimum Gasteiger partial charge on any atom is -0.489 e. The summed E-state index contributed by atoms with van der Waals surface area (Å²) < 4.78 is 5.78. The van der Waals surface area contributed by atoms with E-state index in [0.717, 1.165) is 11.1 Å². The maximum absolute atomic E-state index is 13.0. The van der Waals surface area contributed by atoms with Gasteiger partial charge in [-0.25, -0.2) is 0 Å². The van der Waals surface area contributed by atoms with Gasteiger partial charge in [-0.2, -0.15) is 5.26 Å². The van der Waals surface area contributed by atoms with Gasteiger partial charge in [-0.05, 0) is 84.1 Å². The molecule has 2 heterocycles. The molecule has 39 heavy (non-hydrogen) atoms. The third kappa shape index (κ3) is 7.05. The van der Waals surface area contributed by atoms with Crippen molar-refractivity contribution < 1.29 is 14.3 Å². The highest BCUT2D eigenvalue weighted by molar-refractivity contribution is 6.08. The number of hydrogen-bond donors (Lipinski definition) is 2. The molecule has 2 aromatic heterocycles. The largest absolute Gasteiger partial charge is 0.489 e. The van der Waals surface area contributed by atoms with E-state index < -0.39 is 5.91 Å². The lowest BCUT2D eigenvalue weighted by Gasteiger charge is -2.20. The van der Waals surface area contributed by atoms with Gasteiger partial charge >= 0.3 is 0 Å². The van der Waals surface area contributed by atoms with Crippen molar-refractivity contribution in [2.24, 2.45) is 0 Å². The van der Waals surface area contributed by atoms with Gasteiger partial charge in [0.05, 0.1) is 34.8 Å². The fourth-order valence-electron chi connectivity index (χ4n) is 3.77. The molecule has 2 aromatic carbocycles. The van der Waals surface area contributed by atoms with Crippen LogP contribution in [0, 0.1) is 18.3 Å². The van der Waals surface area contributed by atoms with E-state index in [1.54, 1.807) is 67.8 Å². The van der Waals surface area contributed by atoms with Gasteiger partial charge in [0.15, 0.2) is 0 Å². The molecule has 2 amide bonds. The number of carbonyl (C=O) groups excluding carboxylic acids is 2. The Morgan fingerprint density at radius 1 is 0.923 bits per heavy atom. The third-order valence-corrected chi connectivity index (χ3v) is 6.05. The molecule has 0 aliphatic rings. The maximum atomic E-state index is 13.0. The average molecular weight is 520 g/mol. The van der Waals surface area contributed by atoms with Gasteiger partial charge < -0.3 is 15.4 Å². The molecule has 0 atom stereocenters. The first kappa shape index (κ1) is 27.0. The lowest BCUT2D eigenvalue weighted by molar-refractivity contribution is 0.101. The maximum Gasteiger partial charge on any atom is 0.257 e.